The highest BCUT2D eigenvalue weighted by atomic mass is 16.4. The van der Waals surface area contributed by atoms with Crippen LogP contribution in [-0.2, 0) is 9.59 Å². The third-order valence-electron chi connectivity index (χ3n) is 4.52. The van der Waals surface area contributed by atoms with Gasteiger partial charge in [0, 0.05) is 37.2 Å². The van der Waals surface area contributed by atoms with Gasteiger partial charge < -0.3 is 20.4 Å². The Kier molecular flexibility index (Phi) is 11.7. The van der Waals surface area contributed by atoms with E-state index in [1.807, 2.05) is 12.1 Å². The predicted molar refractivity (Wildman–Crippen MR) is 114 cm³/mol. The molecule has 0 spiro atoms. The maximum atomic E-state index is 9.55. The van der Waals surface area contributed by atoms with Crippen molar-refractivity contribution in [2.24, 2.45) is 0 Å². The number of nitrogens with zero attached hydrogens (tertiary/aromatic N) is 1. The number of rotatable bonds is 10. The number of aliphatic hydroxyl groups is 2. The molecule has 2 aromatic carbocycles. The van der Waals surface area contributed by atoms with Gasteiger partial charge in [0.15, 0.2) is 0 Å². The van der Waals surface area contributed by atoms with Crippen LogP contribution in [0.25, 0.3) is 0 Å². The molecule has 0 heterocycles. The van der Waals surface area contributed by atoms with Crippen molar-refractivity contribution in [1.82, 2.24) is 4.90 Å². The van der Waals surface area contributed by atoms with Crippen molar-refractivity contribution in [3.63, 3.8) is 0 Å². The fourth-order valence-corrected chi connectivity index (χ4v) is 3.20. The average molecular weight is 415 g/mol. The quantitative estimate of drug-likeness (QED) is 0.439. The Morgan fingerprint density at radius 2 is 1.17 bits per heavy atom. The van der Waals surface area contributed by atoms with E-state index in [1.54, 1.807) is 0 Å². The molecule has 1 unspecified atom stereocenters. The lowest BCUT2D eigenvalue weighted by Gasteiger charge is -2.34. The Morgan fingerprint density at radius 3 is 1.47 bits per heavy atom. The van der Waals surface area contributed by atoms with Gasteiger partial charge in [0.25, 0.3) is 0 Å². The molecule has 0 aromatic heterocycles. The monoisotopic (exact) mass is 415 g/mol. The number of benzene rings is 2. The summed E-state index contributed by atoms with van der Waals surface area (Å²) < 4.78 is 0. The summed E-state index contributed by atoms with van der Waals surface area (Å²) in [5.41, 5.74) is 2.50. The van der Waals surface area contributed by atoms with Gasteiger partial charge in [-0.3, -0.25) is 4.90 Å². The van der Waals surface area contributed by atoms with Crippen molar-refractivity contribution in [3.8, 4) is 0 Å². The summed E-state index contributed by atoms with van der Waals surface area (Å²) in [5, 5.41) is 34.2. The molecule has 0 saturated heterocycles. The van der Waals surface area contributed by atoms with Crippen LogP contribution in [0.4, 0.5) is 0 Å². The van der Waals surface area contributed by atoms with Crippen LogP contribution in [0.3, 0.4) is 0 Å². The van der Waals surface area contributed by atoms with E-state index in [9.17, 15) is 19.8 Å². The largest absolute Gasteiger partial charge is 0.478 e. The second-order valence-electron chi connectivity index (χ2n) is 6.53. The fraction of sp³-hybridized carbons (Fsp3) is 0.304. The van der Waals surface area contributed by atoms with Crippen molar-refractivity contribution < 1.29 is 30.0 Å². The Labute approximate surface area is 176 Å². The van der Waals surface area contributed by atoms with Crippen molar-refractivity contribution in [2.75, 3.05) is 26.3 Å². The van der Waals surface area contributed by atoms with E-state index < -0.39 is 11.9 Å². The number of aliphatic carboxylic acids is 2. The molecule has 0 saturated carbocycles. The lowest BCUT2D eigenvalue weighted by atomic mass is 9.85. The molecular weight excluding hydrogens is 386 g/mol. The molecule has 7 nitrogen and oxygen atoms in total. The van der Waals surface area contributed by atoms with Gasteiger partial charge >= 0.3 is 11.9 Å². The van der Waals surface area contributed by atoms with Gasteiger partial charge in [-0.2, -0.15) is 0 Å². The zero-order valence-corrected chi connectivity index (χ0v) is 17.0. The second kappa shape index (κ2) is 14.1. The highest BCUT2D eigenvalue weighted by molar-refractivity contribution is 5.89. The average Bonchev–Trinajstić information content (AvgIpc) is 2.74. The molecule has 0 radical (unpaired) electrons. The molecule has 0 bridgehead atoms. The first-order chi connectivity index (χ1) is 14.4. The van der Waals surface area contributed by atoms with Gasteiger partial charge in [0.1, 0.15) is 0 Å². The van der Waals surface area contributed by atoms with Gasteiger partial charge in [-0.05, 0) is 18.1 Å². The maximum Gasteiger partial charge on any atom is 0.328 e. The van der Waals surface area contributed by atoms with Crippen LogP contribution in [0.15, 0.2) is 72.8 Å². The van der Waals surface area contributed by atoms with Crippen molar-refractivity contribution in [3.05, 3.63) is 83.9 Å². The lowest BCUT2D eigenvalue weighted by molar-refractivity contribution is -0.134. The van der Waals surface area contributed by atoms with Crippen LogP contribution in [-0.4, -0.2) is 69.6 Å². The number of carbonyl (C=O) groups is 2. The van der Waals surface area contributed by atoms with Crippen LogP contribution in [0.1, 0.15) is 24.0 Å². The van der Waals surface area contributed by atoms with Crippen LogP contribution in [0.5, 0.6) is 0 Å². The summed E-state index contributed by atoms with van der Waals surface area (Å²) >= 11 is 0. The lowest BCUT2D eigenvalue weighted by Crippen LogP contribution is -2.41. The van der Waals surface area contributed by atoms with Gasteiger partial charge in [0.05, 0.1) is 13.2 Å². The Hall–Kier alpha value is -3.00. The van der Waals surface area contributed by atoms with Crippen LogP contribution < -0.4 is 0 Å². The highest BCUT2D eigenvalue weighted by Gasteiger charge is 2.25. The molecule has 4 N–H and O–H groups in total. The molecule has 1 atom stereocenters. The van der Waals surface area contributed by atoms with Gasteiger partial charge in [-0.15, -0.1) is 0 Å². The first-order valence-corrected chi connectivity index (χ1v) is 9.60. The molecule has 0 aliphatic rings. The fourth-order valence-electron chi connectivity index (χ4n) is 3.20. The maximum absolute atomic E-state index is 9.55. The molecule has 0 fully saturated rings. The Balaban J connectivity index is 0.000000479. The third kappa shape index (κ3) is 9.00. The number of hydrogen-bond donors (Lipinski definition) is 4. The molecule has 162 valence electrons. The summed E-state index contributed by atoms with van der Waals surface area (Å²) in [6, 6.07) is 21.0. The van der Waals surface area contributed by atoms with Crippen molar-refractivity contribution in [1.29, 1.82) is 0 Å². The normalized spacial score (nSPS) is 11.9. The summed E-state index contributed by atoms with van der Waals surface area (Å²) in [6.45, 7) is 3.49. The minimum Gasteiger partial charge on any atom is -0.478 e. The van der Waals surface area contributed by atoms with Crippen molar-refractivity contribution in [2.45, 2.75) is 18.9 Å². The van der Waals surface area contributed by atoms with E-state index in [4.69, 9.17) is 10.2 Å². The molecule has 2 aromatic rings. The minimum absolute atomic E-state index is 0.0979. The standard InChI is InChI=1S/C19H25NO2.C4H4O4/c1-16(20(12-14-21)13-15-22)19(17-8-4-2-5-9-17)18-10-6-3-7-11-18;5-3(6)1-2-4(7)8/h2-11,16,19,21-22H,12-15H2,1H3;1-2H,(H,5,6)(H,7,8)/b;2-1+. The first kappa shape index (κ1) is 25.0. The number of aliphatic hydroxyl groups excluding tert-OH is 2. The summed E-state index contributed by atoms with van der Waals surface area (Å²) in [7, 11) is 0. The number of carboxylic acid groups (broad SMARTS) is 2. The number of hydrogen-bond acceptors (Lipinski definition) is 5. The molecular formula is C23H29NO6. The third-order valence-corrected chi connectivity index (χ3v) is 4.52. The number of carboxylic acids is 2. The first-order valence-electron chi connectivity index (χ1n) is 9.60. The smallest absolute Gasteiger partial charge is 0.328 e. The molecule has 0 aliphatic heterocycles. The van der Waals surface area contributed by atoms with E-state index in [0.717, 1.165) is 0 Å². The van der Waals surface area contributed by atoms with E-state index in [1.165, 1.54) is 11.1 Å². The zero-order valence-electron chi connectivity index (χ0n) is 17.0. The van der Waals surface area contributed by atoms with Crippen molar-refractivity contribution >= 4 is 11.9 Å². The van der Waals surface area contributed by atoms with Gasteiger partial charge in [-0.25, -0.2) is 9.59 Å². The van der Waals surface area contributed by atoms with Gasteiger partial charge in [0.2, 0.25) is 0 Å². The molecule has 0 aliphatic carbocycles. The summed E-state index contributed by atoms with van der Waals surface area (Å²) in [4.78, 5) is 21.3. The topological polar surface area (TPSA) is 118 Å². The van der Waals surface area contributed by atoms with E-state index >= 15 is 0 Å². The summed E-state index contributed by atoms with van der Waals surface area (Å²) in [5.74, 6) is -2.31. The zero-order chi connectivity index (χ0) is 22.4. The SMILES string of the molecule is CC(C(c1ccccc1)c1ccccc1)N(CCO)CCO.O=C(O)/C=C/C(=O)O. The van der Waals surface area contributed by atoms with Crippen LogP contribution in [0.2, 0.25) is 0 Å². The van der Waals surface area contributed by atoms with Crippen LogP contribution >= 0.6 is 0 Å². The van der Waals surface area contributed by atoms with Crippen LogP contribution in [0, 0.1) is 0 Å². The predicted octanol–water partition coefficient (Wildman–Crippen LogP) is 2.21. The molecule has 0 amide bonds. The van der Waals surface area contributed by atoms with E-state index in [2.05, 4.69) is 60.4 Å². The molecule has 7 heteroatoms. The summed E-state index contributed by atoms with van der Waals surface area (Å²) in [6.07, 6.45) is 1.12. The Morgan fingerprint density at radius 1 is 0.800 bits per heavy atom. The van der Waals surface area contributed by atoms with E-state index in [0.29, 0.717) is 25.2 Å². The molecule has 30 heavy (non-hydrogen) atoms. The molecule has 2 rings (SSSR count). The van der Waals surface area contributed by atoms with Gasteiger partial charge in [-0.1, -0.05) is 60.7 Å². The minimum atomic E-state index is -1.26. The highest BCUT2D eigenvalue weighted by Crippen LogP contribution is 2.30. The Bertz CT molecular complexity index is 717. The second-order valence-corrected chi connectivity index (χ2v) is 6.53. The van der Waals surface area contributed by atoms with E-state index in [-0.39, 0.29) is 25.2 Å².